The third-order valence-electron chi connectivity index (χ3n) is 7.41. The van der Waals surface area contributed by atoms with E-state index in [0.29, 0.717) is 31.7 Å². The Bertz CT molecular complexity index is 787. The SMILES string of the molecule is CC[C@@]1(O)CN[C@H]2C[C@@]3(C(=O)N(OC)c4ccccc43)[C@@H]3OC[C@H]2[C@H]1[C@@H]3O. The lowest BCUT2D eigenvalue weighted by atomic mass is 9.67. The van der Waals surface area contributed by atoms with Crippen LogP contribution >= 0.6 is 0 Å². The fourth-order valence-electron chi connectivity index (χ4n) is 6.09. The van der Waals surface area contributed by atoms with Crippen molar-refractivity contribution in [3.05, 3.63) is 29.8 Å². The van der Waals surface area contributed by atoms with Crippen molar-refractivity contribution >= 4 is 11.6 Å². The zero-order chi connectivity index (χ0) is 19.0. The average Bonchev–Trinajstić information content (AvgIpc) is 2.79. The van der Waals surface area contributed by atoms with Gasteiger partial charge in [0.05, 0.1) is 31.1 Å². The first kappa shape index (κ1) is 17.6. The number of ether oxygens (including phenoxy) is 1. The van der Waals surface area contributed by atoms with E-state index in [-0.39, 0.29) is 23.8 Å². The molecule has 0 aromatic heterocycles. The van der Waals surface area contributed by atoms with Gasteiger partial charge < -0.3 is 20.3 Å². The molecule has 1 aliphatic carbocycles. The highest BCUT2D eigenvalue weighted by atomic mass is 16.7. The van der Waals surface area contributed by atoms with Crippen molar-refractivity contribution < 1.29 is 24.6 Å². The summed E-state index contributed by atoms with van der Waals surface area (Å²) in [5, 5.41) is 27.3. The number of hydrogen-bond acceptors (Lipinski definition) is 6. The third kappa shape index (κ3) is 2.01. The van der Waals surface area contributed by atoms with E-state index in [9.17, 15) is 15.0 Å². The number of para-hydroxylation sites is 1. The van der Waals surface area contributed by atoms with Gasteiger partial charge in [-0.1, -0.05) is 25.1 Å². The molecular formula is C20H26N2O5. The number of carbonyl (C=O) groups excluding carboxylic acids is 1. The number of hydrogen-bond donors (Lipinski definition) is 3. The average molecular weight is 374 g/mol. The van der Waals surface area contributed by atoms with Crippen LogP contribution in [0.4, 0.5) is 5.69 Å². The Hall–Kier alpha value is -1.51. The molecule has 5 aliphatic rings. The first-order valence-corrected chi connectivity index (χ1v) is 9.71. The molecule has 1 amide bonds. The molecule has 3 N–H and O–H groups in total. The number of aliphatic hydroxyl groups is 2. The lowest BCUT2D eigenvalue weighted by Crippen LogP contribution is -2.67. The number of hydroxylamine groups is 1. The van der Waals surface area contributed by atoms with Gasteiger partial charge in [-0.2, -0.15) is 5.06 Å². The maximum absolute atomic E-state index is 13.6. The maximum Gasteiger partial charge on any atom is 0.264 e. The van der Waals surface area contributed by atoms with Crippen LogP contribution < -0.4 is 10.4 Å². The molecule has 1 saturated carbocycles. The maximum atomic E-state index is 13.6. The fourth-order valence-corrected chi connectivity index (χ4v) is 6.09. The lowest BCUT2D eigenvalue weighted by Gasteiger charge is -2.52. The topological polar surface area (TPSA) is 91.3 Å². The molecule has 1 aromatic carbocycles. The second kappa shape index (κ2) is 5.75. The molecule has 0 unspecified atom stereocenters. The Morgan fingerprint density at radius 3 is 2.93 bits per heavy atom. The summed E-state index contributed by atoms with van der Waals surface area (Å²) in [6.45, 7) is 2.78. The van der Waals surface area contributed by atoms with Crippen molar-refractivity contribution in [2.45, 2.75) is 49.0 Å². The summed E-state index contributed by atoms with van der Waals surface area (Å²) in [6, 6.07) is 7.54. The van der Waals surface area contributed by atoms with Gasteiger partial charge in [0.2, 0.25) is 0 Å². The summed E-state index contributed by atoms with van der Waals surface area (Å²) in [5.41, 5.74) is -0.495. The number of aliphatic hydroxyl groups excluding tert-OH is 1. The van der Waals surface area contributed by atoms with E-state index < -0.39 is 23.2 Å². The van der Waals surface area contributed by atoms with Gasteiger partial charge in [-0.15, -0.1) is 0 Å². The number of amides is 1. The molecule has 6 rings (SSSR count). The van der Waals surface area contributed by atoms with Gasteiger partial charge in [-0.05, 0) is 24.5 Å². The number of anilines is 1. The molecule has 7 nitrogen and oxygen atoms in total. The first-order chi connectivity index (χ1) is 13.0. The van der Waals surface area contributed by atoms with Crippen LogP contribution in [0.1, 0.15) is 25.3 Å². The van der Waals surface area contributed by atoms with Crippen LogP contribution in [0.3, 0.4) is 0 Å². The minimum absolute atomic E-state index is 0.0159. The Kier molecular flexibility index (Phi) is 3.74. The molecule has 4 bridgehead atoms. The Balaban J connectivity index is 1.71. The van der Waals surface area contributed by atoms with E-state index in [1.807, 2.05) is 31.2 Å². The normalized spacial score (nSPS) is 45.3. The zero-order valence-corrected chi connectivity index (χ0v) is 15.6. The van der Waals surface area contributed by atoms with Gasteiger partial charge in [-0.25, -0.2) is 0 Å². The second-order valence-corrected chi connectivity index (χ2v) is 8.35. The van der Waals surface area contributed by atoms with Crippen LogP contribution in [0.2, 0.25) is 0 Å². The van der Waals surface area contributed by atoms with E-state index in [1.54, 1.807) is 0 Å². The van der Waals surface area contributed by atoms with Crippen molar-refractivity contribution in [3.63, 3.8) is 0 Å². The fraction of sp³-hybridized carbons (Fsp3) is 0.650. The molecule has 1 spiro atoms. The van der Waals surface area contributed by atoms with Crippen LogP contribution in [0.5, 0.6) is 0 Å². The number of carbonyl (C=O) groups is 1. The van der Waals surface area contributed by atoms with E-state index in [4.69, 9.17) is 9.57 Å². The van der Waals surface area contributed by atoms with Crippen LogP contribution in [0, 0.1) is 11.8 Å². The minimum Gasteiger partial charge on any atom is -0.390 e. The number of fused-ring (bicyclic) bond motifs is 2. The molecule has 1 aromatic rings. The molecule has 27 heavy (non-hydrogen) atoms. The summed E-state index contributed by atoms with van der Waals surface area (Å²) < 4.78 is 6.14. The molecule has 4 aliphatic heterocycles. The number of nitrogens with one attached hydrogen (secondary N) is 1. The summed E-state index contributed by atoms with van der Waals surface area (Å²) in [5.74, 6) is -0.556. The summed E-state index contributed by atoms with van der Waals surface area (Å²) in [7, 11) is 1.48. The number of β-amino-alcohol motifs (C(OH)–C–C–N with tert-alkyl or cyclic N) is 1. The molecule has 4 heterocycles. The van der Waals surface area contributed by atoms with Gasteiger partial charge in [0.15, 0.2) is 0 Å². The van der Waals surface area contributed by atoms with Gasteiger partial charge in [0, 0.05) is 24.4 Å². The van der Waals surface area contributed by atoms with Crippen LogP contribution in [-0.2, 0) is 19.8 Å². The molecular weight excluding hydrogens is 348 g/mol. The monoisotopic (exact) mass is 374 g/mol. The van der Waals surface area contributed by atoms with Gasteiger partial charge in [0.25, 0.3) is 5.91 Å². The predicted molar refractivity (Wildman–Crippen MR) is 97.0 cm³/mol. The Morgan fingerprint density at radius 1 is 1.41 bits per heavy atom. The quantitative estimate of drug-likeness (QED) is 0.692. The van der Waals surface area contributed by atoms with E-state index in [1.165, 1.54) is 12.2 Å². The predicted octanol–water partition coefficient (Wildman–Crippen LogP) is 0.341. The minimum atomic E-state index is -1.02. The van der Waals surface area contributed by atoms with E-state index in [0.717, 1.165) is 5.56 Å². The molecule has 7 heteroatoms. The summed E-state index contributed by atoms with van der Waals surface area (Å²) in [6.07, 6.45) is -0.574. The van der Waals surface area contributed by atoms with Gasteiger partial charge in [-0.3, -0.25) is 9.63 Å². The Labute approximate surface area is 158 Å². The highest BCUT2D eigenvalue weighted by Crippen LogP contribution is 2.56. The van der Waals surface area contributed by atoms with Gasteiger partial charge in [0.1, 0.15) is 11.5 Å². The van der Waals surface area contributed by atoms with Crippen molar-refractivity contribution in [1.29, 1.82) is 0 Å². The molecule has 146 valence electrons. The number of rotatable bonds is 2. The lowest BCUT2D eigenvalue weighted by molar-refractivity contribution is -0.207. The highest BCUT2D eigenvalue weighted by Gasteiger charge is 2.68. The van der Waals surface area contributed by atoms with Crippen LogP contribution in [0.25, 0.3) is 0 Å². The number of benzene rings is 1. The summed E-state index contributed by atoms with van der Waals surface area (Å²) >= 11 is 0. The zero-order valence-electron chi connectivity index (χ0n) is 15.6. The molecule has 7 atom stereocenters. The second-order valence-electron chi connectivity index (χ2n) is 8.35. The smallest absolute Gasteiger partial charge is 0.264 e. The Morgan fingerprint density at radius 2 is 2.19 bits per heavy atom. The van der Waals surface area contributed by atoms with Crippen LogP contribution in [-0.4, -0.2) is 60.2 Å². The van der Waals surface area contributed by atoms with Crippen LogP contribution in [0.15, 0.2) is 24.3 Å². The van der Waals surface area contributed by atoms with Crippen molar-refractivity contribution in [2.75, 3.05) is 25.3 Å². The third-order valence-corrected chi connectivity index (χ3v) is 7.41. The molecule has 4 fully saturated rings. The van der Waals surface area contributed by atoms with Crippen molar-refractivity contribution in [3.8, 4) is 0 Å². The van der Waals surface area contributed by atoms with E-state index in [2.05, 4.69) is 5.32 Å². The number of piperidine rings is 1. The number of nitrogens with zero attached hydrogens (tertiary/aromatic N) is 1. The van der Waals surface area contributed by atoms with Crippen molar-refractivity contribution in [2.24, 2.45) is 11.8 Å². The first-order valence-electron chi connectivity index (χ1n) is 9.71. The van der Waals surface area contributed by atoms with Crippen molar-refractivity contribution in [1.82, 2.24) is 5.32 Å². The van der Waals surface area contributed by atoms with E-state index >= 15 is 0 Å². The largest absolute Gasteiger partial charge is 0.390 e. The van der Waals surface area contributed by atoms with Gasteiger partial charge >= 0.3 is 0 Å². The highest BCUT2D eigenvalue weighted by molar-refractivity contribution is 6.07. The molecule has 0 radical (unpaired) electrons. The summed E-state index contributed by atoms with van der Waals surface area (Å²) in [4.78, 5) is 19.0. The molecule has 3 saturated heterocycles. The standard InChI is InChI=1S/C20H26N2O5/c1-3-19(25)10-21-13-8-20(17-16(23)15(19)11(13)9-27-17)12-6-4-5-7-14(12)22(26-2)18(20)24/h4-7,11,13,15-17,21,23,25H,3,8-10H2,1-2H3/t11-,13+,15+,16+,17-,19-,20+/m1/s1.